The summed E-state index contributed by atoms with van der Waals surface area (Å²) in [7, 11) is 0. The van der Waals surface area contributed by atoms with Crippen LogP contribution in [0.15, 0.2) is 24.3 Å². The first kappa shape index (κ1) is 15.6. The Morgan fingerprint density at radius 1 is 1.30 bits per heavy atom. The Bertz CT molecular complexity index is 725. The molecular weight excluding hydrogens is 322 g/mol. The van der Waals surface area contributed by atoms with Crippen molar-refractivity contribution in [2.45, 2.75) is 13.0 Å². The third kappa shape index (κ3) is 3.38. The molecule has 0 N–H and O–H groups in total. The van der Waals surface area contributed by atoms with Crippen LogP contribution in [0, 0.1) is 10.1 Å². The number of non-ortho nitro benzene ring substituents is 1. The van der Waals surface area contributed by atoms with E-state index in [0.29, 0.717) is 37.1 Å². The van der Waals surface area contributed by atoms with E-state index in [-0.39, 0.29) is 17.0 Å². The molecule has 1 atom stereocenters. The highest BCUT2D eigenvalue weighted by atomic mass is 35.5. The molecule has 2 heterocycles. The summed E-state index contributed by atoms with van der Waals surface area (Å²) < 4.78 is 5.40. The highest BCUT2D eigenvalue weighted by molar-refractivity contribution is 6.28. The Hall–Kier alpha value is -2.32. The van der Waals surface area contributed by atoms with E-state index in [2.05, 4.69) is 15.0 Å². The molecule has 1 fully saturated rings. The van der Waals surface area contributed by atoms with Gasteiger partial charge in [0, 0.05) is 24.2 Å². The van der Waals surface area contributed by atoms with E-state index < -0.39 is 4.92 Å². The summed E-state index contributed by atoms with van der Waals surface area (Å²) in [6.07, 6.45) is 0. The summed E-state index contributed by atoms with van der Waals surface area (Å²) >= 11 is 6.02. The van der Waals surface area contributed by atoms with E-state index in [1.54, 1.807) is 12.1 Å². The van der Waals surface area contributed by atoms with Crippen LogP contribution in [0.2, 0.25) is 5.28 Å². The van der Waals surface area contributed by atoms with Crippen molar-refractivity contribution in [3.8, 4) is 11.4 Å². The van der Waals surface area contributed by atoms with Crippen molar-refractivity contribution in [2.75, 3.05) is 24.7 Å². The van der Waals surface area contributed by atoms with Crippen LogP contribution >= 0.6 is 11.6 Å². The van der Waals surface area contributed by atoms with Crippen LogP contribution in [-0.2, 0) is 4.74 Å². The van der Waals surface area contributed by atoms with Gasteiger partial charge in [-0.1, -0.05) is 0 Å². The molecule has 1 unspecified atom stereocenters. The fraction of sp³-hybridized carbons (Fsp3) is 0.357. The van der Waals surface area contributed by atoms with Crippen LogP contribution in [0.25, 0.3) is 11.4 Å². The molecule has 0 amide bonds. The van der Waals surface area contributed by atoms with E-state index in [9.17, 15) is 10.1 Å². The highest BCUT2D eigenvalue weighted by Crippen LogP contribution is 2.23. The molecule has 0 aliphatic carbocycles. The second-order valence-corrected chi connectivity index (χ2v) is 5.49. The first-order valence-electron chi connectivity index (χ1n) is 7.05. The molecular formula is C14H14ClN5O3. The van der Waals surface area contributed by atoms with E-state index in [1.807, 2.05) is 11.8 Å². The number of anilines is 1. The number of hydrogen-bond acceptors (Lipinski definition) is 7. The number of morpholine rings is 1. The van der Waals surface area contributed by atoms with Crippen molar-refractivity contribution < 1.29 is 9.66 Å². The fourth-order valence-electron chi connectivity index (χ4n) is 2.35. The summed E-state index contributed by atoms with van der Waals surface area (Å²) in [5, 5.41) is 10.8. The number of ether oxygens (including phenoxy) is 1. The number of nitro groups is 1. The lowest BCUT2D eigenvalue weighted by atomic mass is 10.2. The van der Waals surface area contributed by atoms with E-state index >= 15 is 0 Å². The quantitative estimate of drug-likeness (QED) is 0.627. The topological polar surface area (TPSA) is 94.3 Å². The zero-order valence-corrected chi connectivity index (χ0v) is 13.1. The molecule has 0 radical (unpaired) electrons. The zero-order chi connectivity index (χ0) is 16.4. The number of aromatic nitrogens is 3. The van der Waals surface area contributed by atoms with Gasteiger partial charge in [0.1, 0.15) is 0 Å². The SMILES string of the molecule is CC1COCCN1c1nc(Cl)nc(-c2ccc([N+](=O)[O-])cc2)n1. The second kappa shape index (κ2) is 6.43. The molecule has 23 heavy (non-hydrogen) atoms. The minimum absolute atomic E-state index is 0.0101. The molecule has 0 saturated carbocycles. The maximum Gasteiger partial charge on any atom is 0.269 e. The van der Waals surface area contributed by atoms with Crippen LogP contribution in [0.3, 0.4) is 0 Å². The van der Waals surface area contributed by atoms with Gasteiger partial charge in [-0.25, -0.2) is 0 Å². The standard InChI is InChI=1S/C14H14ClN5O3/c1-9-8-23-7-6-19(9)14-17-12(16-13(15)18-14)10-2-4-11(5-3-10)20(21)22/h2-5,9H,6-8H2,1H3. The van der Waals surface area contributed by atoms with Crippen molar-refractivity contribution in [1.82, 2.24) is 15.0 Å². The van der Waals surface area contributed by atoms with Crippen molar-refractivity contribution in [2.24, 2.45) is 0 Å². The third-order valence-electron chi connectivity index (χ3n) is 3.56. The number of nitro benzene ring substituents is 1. The molecule has 3 rings (SSSR count). The molecule has 1 aromatic heterocycles. The largest absolute Gasteiger partial charge is 0.377 e. The van der Waals surface area contributed by atoms with Gasteiger partial charge < -0.3 is 9.64 Å². The van der Waals surface area contributed by atoms with Crippen molar-refractivity contribution in [3.63, 3.8) is 0 Å². The third-order valence-corrected chi connectivity index (χ3v) is 3.73. The normalized spacial score (nSPS) is 18.0. The van der Waals surface area contributed by atoms with Crippen LogP contribution in [0.5, 0.6) is 0 Å². The number of rotatable bonds is 3. The summed E-state index contributed by atoms with van der Waals surface area (Å²) in [5.41, 5.74) is 0.651. The number of hydrogen-bond donors (Lipinski definition) is 0. The van der Waals surface area contributed by atoms with Gasteiger partial charge in [-0.3, -0.25) is 10.1 Å². The number of benzene rings is 1. The van der Waals surface area contributed by atoms with Crippen LogP contribution < -0.4 is 4.90 Å². The smallest absolute Gasteiger partial charge is 0.269 e. The van der Waals surface area contributed by atoms with Gasteiger partial charge in [-0.05, 0) is 30.7 Å². The highest BCUT2D eigenvalue weighted by Gasteiger charge is 2.23. The fourth-order valence-corrected chi connectivity index (χ4v) is 2.51. The molecule has 1 aliphatic heterocycles. The Balaban J connectivity index is 1.95. The molecule has 1 aliphatic rings. The predicted molar refractivity (Wildman–Crippen MR) is 84.6 cm³/mol. The molecule has 120 valence electrons. The van der Waals surface area contributed by atoms with Crippen LogP contribution in [-0.4, -0.2) is 45.7 Å². The number of halogens is 1. The maximum absolute atomic E-state index is 10.7. The van der Waals surface area contributed by atoms with E-state index in [1.165, 1.54) is 12.1 Å². The molecule has 9 heteroatoms. The summed E-state index contributed by atoms with van der Waals surface area (Å²) in [4.78, 5) is 25.0. The first-order chi connectivity index (χ1) is 11.0. The van der Waals surface area contributed by atoms with Gasteiger partial charge in [-0.15, -0.1) is 0 Å². The van der Waals surface area contributed by atoms with E-state index in [4.69, 9.17) is 16.3 Å². The summed E-state index contributed by atoms with van der Waals surface area (Å²) in [6, 6.07) is 6.13. The Labute approximate surface area is 137 Å². The van der Waals surface area contributed by atoms with Gasteiger partial charge in [0.25, 0.3) is 5.69 Å². The Kier molecular flexibility index (Phi) is 4.35. The zero-order valence-electron chi connectivity index (χ0n) is 12.3. The molecule has 1 saturated heterocycles. The lowest BCUT2D eigenvalue weighted by Gasteiger charge is -2.33. The lowest BCUT2D eigenvalue weighted by molar-refractivity contribution is -0.384. The summed E-state index contributed by atoms with van der Waals surface area (Å²) in [5.74, 6) is 0.864. The van der Waals surface area contributed by atoms with Gasteiger partial charge >= 0.3 is 0 Å². The average Bonchev–Trinajstić information content (AvgIpc) is 2.55. The minimum Gasteiger partial charge on any atom is -0.377 e. The van der Waals surface area contributed by atoms with Crippen molar-refractivity contribution >= 4 is 23.2 Å². The minimum atomic E-state index is -0.453. The summed E-state index contributed by atoms with van der Waals surface area (Å²) in [6.45, 7) is 3.88. The lowest BCUT2D eigenvalue weighted by Crippen LogP contribution is -2.44. The Morgan fingerprint density at radius 2 is 2.04 bits per heavy atom. The maximum atomic E-state index is 10.7. The Morgan fingerprint density at radius 3 is 2.70 bits per heavy atom. The van der Waals surface area contributed by atoms with Gasteiger partial charge in [-0.2, -0.15) is 15.0 Å². The molecule has 0 spiro atoms. The molecule has 2 aromatic rings. The second-order valence-electron chi connectivity index (χ2n) is 5.15. The van der Waals surface area contributed by atoms with Gasteiger partial charge in [0.05, 0.1) is 24.2 Å². The molecule has 1 aromatic carbocycles. The first-order valence-corrected chi connectivity index (χ1v) is 7.43. The number of nitrogens with zero attached hydrogens (tertiary/aromatic N) is 5. The van der Waals surface area contributed by atoms with E-state index in [0.717, 1.165) is 0 Å². The predicted octanol–water partition coefficient (Wildman–Crippen LogP) is 2.33. The van der Waals surface area contributed by atoms with Crippen molar-refractivity contribution in [3.05, 3.63) is 39.7 Å². The van der Waals surface area contributed by atoms with Gasteiger partial charge in [0.2, 0.25) is 11.2 Å². The van der Waals surface area contributed by atoms with Crippen LogP contribution in [0.4, 0.5) is 11.6 Å². The van der Waals surface area contributed by atoms with Crippen LogP contribution in [0.1, 0.15) is 6.92 Å². The molecule has 0 bridgehead atoms. The average molecular weight is 336 g/mol. The monoisotopic (exact) mass is 335 g/mol. The van der Waals surface area contributed by atoms with Gasteiger partial charge in [0.15, 0.2) is 5.82 Å². The van der Waals surface area contributed by atoms with Crippen molar-refractivity contribution in [1.29, 1.82) is 0 Å². The molecule has 8 nitrogen and oxygen atoms in total.